The second-order valence-corrected chi connectivity index (χ2v) is 15.0. The van der Waals surface area contributed by atoms with Crippen LogP contribution in [0.15, 0.2) is 0 Å². The van der Waals surface area contributed by atoms with Gasteiger partial charge in [0.15, 0.2) is 0 Å². The van der Waals surface area contributed by atoms with Gasteiger partial charge in [0.1, 0.15) is 5.41 Å². The third-order valence-corrected chi connectivity index (χ3v) is 12.9. The van der Waals surface area contributed by atoms with E-state index in [-0.39, 0.29) is 51.1 Å². The Balaban J connectivity index is 7.34. The molecular weight excluding hydrogens is 600 g/mol. The summed E-state index contributed by atoms with van der Waals surface area (Å²) in [5.41, 5.74) is -1.82. The molecule has 0 aliphatic heterocycles. The fourth-order valence-electron chi connectivity index (χ4n) is 5.10. The zero-order valence-corrected chi connectivity index (χ0v) is 29.2. The lowest BCUT2D eigenvalue weighted by Crippen LogP contribution is -2.58. The van der Waals surface area contributed by atoms with Gasteiger partial charge in [-0.1, -0.05) is 0 Å². The minimum atomic E-state index is -3.38. The van der Waals surface area contributed by atoms with E-state index in [1.807, 2.05) is 41.5 Å². The Morgan fingerprint density at radius 2 is 0.744 bits per heavy atom. The molecule has 0 atom stereocenters. The van der Waals surface area contributed by atoms with Crippen LogP contribution < -0.4 is 0 Å². The van der Waals surface area contributed by atoms with Gasteiger partial charge in [0.05, 0.1) is 26.4 Å². The maximum atomic E-state index is 14.6. The van der Waals surface area contributed by atoms with Gasteiger partial charge in [-0.25, -0.2) is 0 Å². The number of nitrogens with zero attached hydrogens (tertiary/aromatic N) is 2. The lowest BCUT2D eigenvalue weighted by atomic mass is 9.78. The Hall–Kier alpha value is -1.03. The zero-order chi connectivity index (χ0) is 32.8. The molecule has 0 fully saturated rings. The van der Waals surface area contributed by atoms with Gasteiger partial charge in [-0.15, -0.1) is 0 Å². The molecule has 16 heteroatoms. The van der Waals surface area contributed by atoms with E-state index >= 15 is 0 Å². The highest BCUT2D eigenvalue weighted by Gasteiger charge is 2.55. The highest BCUT2D eigenvalue weighted by molar-refractivity contribution is 6.61. The van der Waals surface area contributed by atoms with Crippen molar-refractivity contribution in [2.75, 3.05) is 92.2 Å². The van der Waals surface area contributed by atoms with Crippen molar-refractivity contribution >= 4 is 29.4 Å². The standard InChI is InChI=1S/C27H58N2O12Si2/c1-7-36-42(37-8-2,38-9-3)23-13-27(25(34)28(15-19-30)16-20-31,26(35)29(17-21-32)18-22-33)14-24-43(39-10-4,40-11-5)41-12-6/h30-33H,7-24H2,1-6H3. The molecule has 4 N–H and O–H groups in total. The molecule has 0 aromatic rings. The topological polar surface area (TPSA) is 177 Å². The molecule has 0 radical (unpaired) electrons. The van der Waals surface area contributed by atoms with Crippen molar-refractivity contribution in [1.29, 1.82) is 0 Å². The second kappa shape index (κ2) is 23.3. The molecule has 0 saturated heterocycles. The number of amides is 2. The maximum absolute atomic E-state index is 14.6. The quantitative estimate of drug-likeness (QED) is 0.0677. The first-order valence-electron chi connectivity index (χ1n) is 15.5. The first kappa shape index (κ1) is 42.0. The number of carbonyl (C=O) groups excluding carboxylic acids is 2. The Morgan fingerprint density at radius 3 is 0.930 bits per heavy atom. The van der Waals surface area contributed by atoms with Crippen LogP contribution in [0, 0.1) is 5.41 Å². The molecule has 0 unspecified atom stereocenters. The molecule has 43 heavy (non-hydrogen) atoms. The molecule has 0 aliphatic carbocycles. The average Bonchev–Trinajstić information content (AvgIpc) is 2.97. The van der Waals surface area contributed by atoms with E-state index in [0.717, 1.165) is 0 Å². The first-order valence-corrected chi connectivity index (χ1v) is 19.4. The van der Waals surface area contributed by atoms with Crippen molar-refractivity contribution in [3.05, 3.63) is 0 Å². The molecule has 0 rings (SSSR count). The fourth-order valence-corrected chi connectivity index (χ4v) is 10.6. The summed E-state index contributed by atoms with van der Waals surface area (Å²) in [5.74, 6) is -1.25. The Kier molecular flexibility index (Phi) is 22.8. The van der Waals surface area contributed by atoms with Crippen molar-refractivity contribution in [3.63, 3.8) is 0 Å². The van der Waals surface area contributed by atoms with Gasteiger partial charge >= 0.3 is 17.6 Å². The van der Waals surface area contributed by atoms with Gasteiger partial charge in [-0.2, -0.15) is 0 Å². The summed E-state index contributed by atoms with van der Waals surface area (Å²) in [5, 5.41) is 39.2. The highest BCUT2D eigenvalue weighted by atomic mass is 28.4. The Labute approximate surface area is 259 Å². The Morgan fingerprint density at radius 1 is 0.512 bits per heavy atom. The molecule has 2 amide bonds. The first-order chi connectivity index (χ1) is 20.6. The zero-order valence-electron chi connectivity index (χ0n) is 27.2. The van der Waals surface area contributed by atoms with E-state index in [1.165, 1.54) is 9.80 Å². The second-order valence-electron chi connectivity index (χ2n) is 9.53. The summed E-state index contributed by atoms with van der Waals surface area (Å²) >= 11 is 0. The molecular formula is C27H58N2O12Si2. The molecule has 0 spiro atoms. The van der Waals surface area contributed by atoms with Crippen molar-refractivity contribution in [1.82, 2.24) is 9.80 Å². The van der Waals surface area contributed by atoms with Gasteiger partial charge in [-0.3, -0.25) is 9.59 Å². The Bertz CT molecular complexity index is 647. The molecule has 14 nitrogen and oxygen atoms in total. The van der Waals surface area contributed by atoms with Gasteiger partial charge in [0.2, 0.25) is 11.8 Å². The predicted molar refractivity (Wildman–Crippen MR) is 164 cm³/mol. The van der Waals surface area contributed by atoms with Crippen LogP contribution in [0.2, 0.25) is 12.1 Å². The summed E-state index contributed by atoms with van der Waals surface area (Å²) < 4.78 is 36.3. The van der Waals surface area contributed by atoms with Crippen LogP contribution in [0.3, 0.4) is 0 Å². The molecule has 0 saturated carbocycles. The summed E-state index contributed by atoms with van der Waals surface area (Å²) in [4.78, 5) is 31.7. The van der Waals surface area contributed by atoms with Crippen molar-refractivity contribution < 1.29 is 56.6 Å². The van der Waals surface area contributed by atoms with Crippen LogP contribution in [0.5, 0.6) is 0 Å². The summed E-state index contributed by atoms with van der Waals surface area (Å²) in [6, 6.07) is 0.204. The van der Waals surface area contributed by atoms with Crippen LogP contribution in [0.4, 0.5) is 0 Å². The molecule has 0 heterocycles. The van der Waals surface area contributed by atoms with E-state index in [1.54, 1.807) is 0 Å². The normalized spacial score (nSPS) is 12.5. The van der Waals surface area contributed by atoms with Crippen LogP contribution in [-0.2, 0) is 36.1 Å². The van der Waals surface area contributed by atoms with E-state index < -0.39 is 61.3 Å². The smallest absolute Gasteiger partial charge is 0.395 e. The third kappa shape index (κ3) is 13.1. The van der Waals surface area contributed by atoms with E-state index in [0.29, 0.717) is 39.6 Å². The summed E-state index contributed by atoms with van der Waals surface area (Å²) in [6.07, 6.45) is -0.154. The minimum Gasteiger partial charge on any atom is -0.395 e. The van der Waals surface area contributed by atoms with E-state index in [4.69, 9.17) is 26.6 Å². The molecule has 0 aliphatic rings. The third-order valence-electron chi connectivity index (χ3n) is 6.77. The number of carbonyl (C=O) groups is 2. The van der Waals surface area contributed by atoms with Gasteiger partial charge in [0.25, 0.3) is 0 Å². The lowest BCUT2D eigenvalue weighted by Gasteiger charge is -2.41. The minimum absolute atomic E-state index is 0.0769. The van der Waals surface area contributed by atoms with Crippen LogP contribution in [0.25, 0.3) is 0 Å². The van der Waals surface area contributed by atoms with Crippen molar-refractivity contribution in [3.8, 4) is 0 Å². The molecule has 0 aromatic carbocycles. The molecule has 256 valence electrons. The van der Waals surface area contributed by atoms with Crippen LogP contribution in [-0.4, -0.2) is 152 Å². The molecule has 0 aromatic heterocycles. The maximum Gasteiger partial charge on any atom is 0.500 e. The number of rotatable bonds is 28. The monoisotopic (exact) mass is 658 g/mol. The average molecular weight is 659 g/mol. The van der Waals surface area contributed by atoms with Gasteiger partial charge in [0, 0.05) is 77.9 Å². The van der Waals surface area contributed by atoms with Gasteiger partial charge in [-0.05, 0) is 54.4 Å². The largest absolute Gasteiger partial charge is 0.500 e. The van der Waals surface area contributed by atoms with Crippen LogP contribution >= 0.6 is 0 Å². The summed E-state index contributed by atoms with van der Waals surface area (Å²) in [6.45, 7) is 10.6. The fraction of sp³-hybridized carbons (Fsp3) is 0.926. The highest BCUT2D eigenvalue weighted by Crippen LogP contribution is 2.40. The van der Waals surface area contributed by atoms with Crippen molar-refractivity contribution in [2.45, 2.75) is 66.5 Å². The molecule has 0 bridgehead atoms. The van der Waals surface area contributed by atoms with E-state index in [9.17, 15) is 30.0 Å². The number of aliphatic hydroxyl groups excluding tert-OH is 4. The number of hydrogen-bond acceptors (Lipinski definition) is 12. The lowest BCUT2D eigenvalue weighted by molar-refractivity contribution is -0.159. The summed E-state index contributed by atoms with van der Waals surface area (Å²) in [7, 11) is -6.76. The van der Waals surface area contributed by atoms with Crippen molar-refractivity contribution in [2.24, 2.45) is 5.41 Å². The van der Waals surface area contributed by atoms with Crippen LogP contribution in [0.1, 0.15) is 54.4 Å². The predicted octanol–water partition coefficient (Wildman–Crippen LogP) is 0.476. The van der Waals surface area contributed by atoms with Gasteiger partial charge < -0.3 is 56.8 Å². The number of aliphatic hydroxyl groups is 4. The SMILES string of the molecule is CCO[Si](CCC(CC[Si](OCC)(OCC)OCC)(C(=O)N(CCO)CCO)C(=O)N(CCO)CCO)(OCC)OCC. The van der Waals surface area contributed by atoms with E-state index in [2.05, 4.69) is 0 Å². The number of hydrogen-bond donors (Lipinski definition) is 4.